The zero-order chi connectivity index (χ0) is 17.1. The molecule has 0 amide bonds. The van der Waals surface area contributed by atoms with Crippen molar-refractivity contribution >= 4 is 35.0 Å². The zero-order valence-corrected chi connectivity index (χ0v) is 14.4. The van der Waals surface area contributed by atoms with Crippen molar-refractivity contribution in [3.63, 3.8) is 0 Å². The summed E-state index contributed by atoms with van der Waals surface area (Å²) < 4.78 is 28.0. The van der Waals surface area contributed by atoms with E-state index in [1.807, 2.05) is 0 Å². The van der Waals surface area contributed by atoms with E-state index in [2.05, 4.69) is 9.97 Å². The van der Waals surface area contributed by atoms with E-state index in [1.165, 1.54) is 24.0 Å². The van der Waals surface area contributed by atoms with Crippen molar-refractivity contribution in [1.29, 1.82) is 0 Å². The predicted octanol–water partition coefficient (Wildman–Crippen LogP) is 5.94. The SMILES string of the molecule is Fc1ccc(F)c(C(Sc2ccc(Cl)nc2)c2ccncc2Cl)c1. The number of benzene rings is 1. The number of aromatic nitrogens is 2. The van der Waals surface area contributed by atoms with Crippen LogP contribution in [0.5, 0.6) is 0 Å². The quantitative estimate of drug-likeness (QED) is 0.412. The van der Waals surface area contributed by atoms with Crippen molar-refractivity contribution in [3.8, 4) is 0 Å². The van der Waals surface area contributed by atoms with Gasteiger partial charge in [-0.1, -0.05) is 23.2 Å². The van der Waals surface area contributed by atoms with Gasteiger partial charge in [-0.2, -0.15) is 0 Å². The Hall–Kier alpha value is -1.69. The lowest BCUT2D eigenvalue weighted by molar-refractivity contribution is 0.587. The van der Waals surface area contributed by atoms with Gasteiger partial charge in [0.25, 0.3) is 0 Å². The van der Waals surface area contributed by atoms with Crippen LogP contribution >= 0.6 is 35.0 Å². The fourth-order valence-electron chi connectivity index (χ4n) is 2.18. The lowest BCUT2D eigenvalue weighted by Crippen LogP contribution is -2.02. The van der Waals surface area contributed by atoms with Crippen molar-refractivity contribution in [2.24, 2.45) is 0 Å². The Morgan fingerprint density at radius 3 is 2.50 bits per heavy atom. The van der Waals surface area contributed by atoms with E-state index < -0.39 is 16.9 Å². The first-order chi connectivity index (χ1) is 11.5. The molecule has 122 valence electrons. The number of nitrogens with zero attached hydrogens (tertiary/aromatic N) is 2. The number of thioether (sulfide) groups is 1. The van der Waals surface area contributed by atoms with Crippen LogP contribution in [0.15, 0.2) is 59.9 Å². The largest absolute Gasteiger partial charge is 0.263 e. The highest BCUT2D eigenvalue weighted by Crippen LogP contribution is 2.43. The molecular formula is C17H10Cl2F2N2S. The molecule has 0 radical (unpaired) electrons. The second-order valence-corrected chi connectivity index (χ2v) is 6.85. The van der Waals surface area contributed by atoms with E-state index >= 15 is 0 Å². The summed E-state index contributed by atoms with van der Waals surface area (Å²) in [6, 6.07) is 8.45. The van der Waals surface area contributed by atoms with E-state index in [4.69, 9.17) is 23.2 Å². The van der Waals surface area contributed by atoms with Gasteiger partial charge in [-0.25, -0.2) is 13.8 Å². The van der Waals surface area contributed by atoms with Crippen LogP contribution in [0, 0.1) is 11.6 Å². The Labute approximate surface area is 151 Å². The first kappa shape index (κ1) is 17.1. The first-order valence-corrected chi connectivity index (χ1v) is 8.50. The summed E-state index contributed by atoms with van der Waals surface area (Å²) in [4.78, 5) is 8.71. The molecular weight excluding hydrogens is 373 g/mol. The molecule has 24 heavy (non-hydrogen) atoms. The molecule has 0 bridgehead atoms. The molecule has 7 heteroatoms. The summed E-state index contributed by atoms with van der Waals surface area (Å²) in [5.74, 6) is -1.03. The molecule has 2 nitrogen and oxygen atoms in total. The summed E-state index contributed by atoms with van der Waals surface area (Å²) in [6.45, 7) is 0. The highest BCUT2D eigenvalue weighted by molar-refractivity contribution is 7.99. The second kappa shape index (κ2) is 7.47. The minimum atomic E-state index is -0.556. The number of halogens is 4. The van der Waals surface area contributed by atoms with Gasteiger partial charge in [0, 0.05) is 29.0 Å². The molecule has 0 spiro atoms. The van der Waals surface area contributed by atoms with Crippen molar-refractivity contribution in [2.75, 3.05) is 0 Å². The van der Waals surface area contributed by atoms with Crippen LogP contribution in [0.4, 0.5) is 8.78 Å². The molecule has 0 N–H and O–H groups in total. The second-order valence-electron chi connectivity index (χ2n) is 4.88. The summed E-state index contributed by atoms with van der Waals surface area (Å²) >= 11 is 13.3. The van der Waals surface area contributed by atoms with Crippen LogP contribution < -0.4 is 0 Å². The first-order valence-electron chi connectivity index (χ1n) is 6.87. The van der Waals surface area contributed by atoms with Crippen molar-refractivity contribution < 1.29 is 8.78 Å². The normalized spacial score (nSPS) is 12.2. The Balaban J connectivity index is 2.08. The number of pyridine rings is 2. The van der Waals surface area contributed by atoms with E-state index in [1.54, 1.807) is 30.6 Å². The molecule has 0 aliphatic heterocycles. The summed E-state index contributed by atoms with van der Waals surface area (Å²) in [5, 5.41) is 0.175. The predicted molar refractivity (Wildman–Crippen MR) is 92.6 cm³/mol. The molecule has 0 saturated heterocycles. The van der Waals surface area contributed by atoms with E-state index in [0.717, 1.165) is 17.0 Å². The molecule has 1 unspecified atom stereocenters. The maximum absolute atomic E-state index is 14.3. The summed E-state index contributed by atoms with van der Waals surface area (Å²) in [7, 11) is 0. The van der Waals surface area contributed by atoms with Gasteiger partial charge in [0.05, 0.1) is 10.3 Å². The molecule has 0 aliphatic carbocycles. The molecule has 0 aliphatic rings. The van der Waals surface area contributed by atoms with Gasteiger partial charge in [-0.3, -0.25) is 4.98 Å². The van der Waals surface area contributed by atoms with Gasteiger partial charge < -0.3 is 0 Å². The third-order valence-electron chi connectivity index (χ3n) is 3.28. The Morgan fingerprint density at radius 2 is 1.79 bits per heavy atom. The fourth-order valence-corrected chi connectivity index (χ4v) is 3.75. The topological polar surface area (TPSA) is 25.8 Å². The maximum Gasteiger partial charge on any atom is 0.129 e. The smallest absolute Gasteiger partial charge is 0.129 e. The average Bonchev–Trinajstić information content (AvgIpc) is 2.58. The van der Waals surface area contributed by atoms with E-state index in [-0.39, 0.29) is 5.56 Å². The monoisotopic (exact) mass is 382 g/mol. The number of hydrogen-bond donors (Lipinski definition) is 0. The Kier molecular flexibility index (Phi) is 5.33. The van der Waals surface area contributed by atoms with Gasteiger partial charge in [0.15, 0.2) is 0 Å². The van der Waals surface area contributed by atoms with Crippen molar-refractivity contribution in [2.45, 2.75) is 10.1 Å². The van der Waals surface area contributed by atoms with Crippen LogP contribution in [0.2, 0.25) is 10.2 Å². The summed E-state index contributed by atoms with van der Waals surface area (Å²) in [5.41, 5.74) is 0.833. The average molecular weight is 383 g/mol. The van der Waals surface area contributed by atoms with E-state index in [0.29, 0.717) is 15.7 Å². The molecule has 2 aromatic heterocycles. The minimum Gasteiger partial charge on any atom is -0.263 e. The van der Waals surface area contributed by atoms with Gasteiger partial charge in [-0.05, 0) is 42.0 Å². The van der Waals surface area contributed by atoms with Crippen LogP contribution in [0.25, 0.3) is 0 Å². The number of hydrogen-bond acceptors (Lipinski definition) is 3. The minimum absolute atomic E-state index is 0.197. The van der Waals surface area contributed by atoms with Gasteiger partial charge in [0.2, 0.25) is 0 Å². The van der Waals surface area contributed by atoms with Crippen LogP contribution in [-0.2, 0) is 0 Å². The lowest BCUT2D eigenvalue weighted by atomic mass is 10.0. The highest BCUT2D eigenvalue weighted by atomic mass is 35.5. The fraction of sp³-hybridized carbons (Fsp3) is 0.0588. The Morgan fingerprint density at radius 1 is 0.958 bits per heavy atom. The third kappa shape index (κ3) is 3.86. The maximum atomic E-state index is 14.3. The van der Waals surface area contributed by atoms with Gasteiger partial charge >= 0.3 is 0 Å². The standard InChI is InChI=1S/C17H10Cl2F2N2S/c18-14-9-22-6-5-12(14)17(13-7-10(20)1-3-15(13)21)24-11-2-4-16(19)23-8-11/h1-9,17H. The third-order valence-corrected chi connectivity index (χ3v) is 5.08. The van der Waals surface area contributed by atoms with Crippen LogP contribution in [0.3, 0.4) is 0 Å². The van der Waals surface area contributed by atoms with Gasteiger partial charge in [0.1, 0.15) is 16.8 Å². The van der Waals surface area contributed by atoms with Crippen LogP contribution in [0.1, 0.15) is 16.4 Å². The highest BCUT2D eigenvalue weighted by Gasteiger charge is 2.22. The zero-order valence-electron chi connectivity index (χ0n) is 12.1. The molecule has 2 heterocycles. The molecule has 1 atom stereocenters. The Bertz CT molecular complexity index is 859. The molecule has 0 fully saturated rings. The van der Waals surface area contributed by atoms with Crippen LogP contribution in [-0.4, -0.2) is 9.97 Å². The van der Waals surface area contributed by atoms with Gasteiger partial charge in [-0.15, -0.1) is 11.8 Å². The number of rotatable bonds is 4. The van der Waals surface area contributed by atoms with Crippen molar-refractivity contribution in [3.05, 3.63) is 87.9 Å². The molecule has 1 aromatic carbocycles. The summed E-state index contributed by atoms with van der Waals surface area (Å²) in [6.07, 6.45) is 4.61. The van der Waals surface area contributed by atoms with E-state index in [9.17, 15) is 8.78 Å². The molecule has 0 saturated carbocycles. The molecule has 3 aromatic rings. The van der Waals surface area contributed by atoms with Crippen molar-refractivity contribution in [1.82, 2.24) is 9.97 Å². The lowest BCUT2D eigenvalue weighted by Gasteiger charge is -2.19. The molecule has 3 rings (SSSR count).